The Balaban J connectivity index is 1.69. The molecule has 0 unspecified atom stereocenters. The minimum absolute atomic E-state index is 0.111. The average molecular weight is 367 g/mol. The molecule has 5 nitrogen and oxygen atoms in total. The van der Waals surface area contributed by atoms with Crippen LogP contribution in [0.4, 0.5) is 5.69 Å². The molecule has 0 heterocycles. The van der Waals surface area contributed by atoms with Crippen molar-refractivity contribution in [3.05, 3.63) is 28.8 Å². The molecular formula is C19H27ClN2O3. The number of hydrogen-bond acceptors (Lipinski definition) is 3. The first-order valence-corrected chi connectivity index (χ1v) is 9.17. The molecule has 0 bridgehead atoms. The molecule has 1 aliphatic carbocycles. The lowest BCUT2D eigenvalue weighted by Crippen LogP contribution is -2.45. The second-order valence-corrected chi connectivity index (χ2v) is 7.35. The van der Waals surface area contributed by atoms with Crippen molar-refractivity contribution in [2.45, 2.75) is 46.1 Å². The molecule has 0 spiro atoms. The van der Waals surface area contributed by atoms with E-state index >= 15 is 0 Å². The summed E-state index contributed by atoms with van der Waals surface area (Å²) in [4.78, 5) is 23.9. The second-order valence-electron chi connectivity index (χ2n) is 6.95. The first kappa shape index (κ1) is 19.7. The summed E-state index contributed by atoms with van der Waals surface area (Å²) in [5, 5.41) is 6.31. The normalized spacial score (nSPS) is 23.1. The summed E-state index contributed by atoms with van der Waals surface area (Å²) in [6, 6.07) is 5.49. The van der Waals surface area contributed by atoms with Gasteiger partial charge in [-0.2, -0.15) is 0 Å². The first-order chi connectivity index (χ1) is 11.9. The fraction of sp³-hybridized carbons (Fsp3) is 0.579. The molecule has 3 atom stereocenters. The summed E-state index contributed by atoms with van der Waals surface area (Å²) in [7, 11) is 0. The Bertz CT molecular complexity index is 621. The molecule has 2 amide bonds. The Morgan fingerprint density at radius 1 is 1.20 bits per heavy atom. The van der Waals surface area contributed by atoms with Crippen molar-refractivity contribution in [1.82, 2.24) is 5.32 Å². The van der Waals surface area contributed by atoms with Crippen molar-refractivity contribution in [2.75, 3.05) is 18.5 Å². The molecule has 1 aromatic rings. The fourth-order valence-electron chi connectivity index (χ4n) is 3.14. The zero-order valence-corrected chi connectivity index (χ0v) is 15.9. The highest BCUT2D eigenvalue weighted by molar-refractivity contribution is 6.31. The third-order valence-corrected chi connectivity index (χ3v) is 5.38. The van der Waals surface area contributed by atoms with Gasteiger partial charge in [0.05, 0.1) is 0 Å². The molecule has 0 aromatic heterocycles. The van der Waals surface area contributed by atoms with Crippen LogP contribution in [-0.4, -0.2) is 31.1 Å². The van der Waals surface area contributed by atoms with Crippen LogP contribution < -0.4 is 10.6 Å². The van der Waals surface area contributed by atoms with Crippen LogP contribution in [0, 0.1) is 18.8 Å². The summed E-state index contributed by atoms with van der Waals surface area (Å²) >= 11 is 6.02. The van der Waals surface area contributed by atoms with Gasteiger partial charge in [0.15, 0.2) is 0 Å². The molecule has 0 aliphatic heterocycles. The third kappa shape index (κ3) is 6.01. The maximum Gasteiger partial charge on any atom is 0.250 e. The zero-order chi connectivity index (χ0) is 18.4. The molecule has 0 radical (unpaired) electrons. The molecule has 6 heteroatoms. The van der Waals surface area contributed by atoms with Crippen LogP contribution in [0.5, 0.6) is 0 Å². The van der Waals surface area contributed by atoms with Gasteiger partial charge < -0.3 is 15.4 Å². The number of benzene rings is 1. The van der Waals surface area contributed by atoms with Crippen molar-refractivity contribution < 1.29 is 14.3 Å². The van der Waals surface area contributed by atoms with E-state index in [1.807, 2.05) is 13.0 Å². The number of carbonyl (C=O) groups excluding carboxylic acids is 2. The van der Waals surface area contributed by atoms with Crippen LogP contribution in [0.1, 0.15) is 38.7 Å². The third-order valence-electron chi connectivity index (χ3n) is 4.98. The minimum Gasteiger partial charge on any atom is -0.362 e. The van der Waals surface area contributed by atoms with E-state index in [2.05, 4.69) is 24.5 Å². The van der Waals surface area contributed by atoms with Crippen molar-refractivity contribution in [1.29, 1.82) is 0 Å². The number of hydrogen-bond donors (Lipinski definition) is 2. The average Bonchev–Trinajstić information content (AvgIpc) is 2.55. The van der Waals surface area contributed by atoms with Gasteiger partial charge >= 0.3 is 0 Å². The smallest absolute Gasteiger partial charge is 0.250 e. The number of rotatable bonds is 6. The standard InChI is InChI=1S/C19H27ClN2O3/c1-12-5-4-6-17(14(12)3)22-19(24)11-25-10-18(23)21-15-8-7-13(2)16(20)9-15/h7-9,12,14,17H,4-6,10-11H2,1-3H3,(H,21,23)(H,22,24)/t12-,14+,17+/m0/s1. The monoisotopic (exact) mass is 366 g/mol. The van der Waals surface area contributed by atoms with E-state index < -0.39 is 0 Å². The molecule has 2 rings (SSSR count). The van der Waals surface area contributed by atoms with Gasteiger partial charge in [-0.15, -0.1) is 0 Å². The summed E-state index contributed by atoms with van der Waals surface area (Å²) < 4.78 is 5.23. The molecule has 1 aromatic carbocycles. The highest BCUT2D eigenvalue weighted by Gasteiger charge is 2.28. The van der Waals surface area contributed by atoms with Gasteiger partial charge in [0.25, 0.3) is 0 Å². The summed E-state index contributed by atoms with van der Waals surface area (Å²) in [6.45, 7) is 6.01. The molecule has 0 saturated heterocycles. The number of anilines is 1. The second kappa shape index (κ2) is 9.20. The highest BCUT2D eigenvalue weighted by Crippen LogP contribution is 2.29. The van der Waals surface area contributed by atoms with Crippen LogP contribution in [0.3, 0.4) is 0 Å². The quantitative estimate of drug-likeness (QED) is 0.809. The van der Waals surface area contributed by atoms with Gasteiger partial charge in [-0.1, -0.05) is 44.4 Å². The van der Waals surface area contributed by atoms with Crippen LogP contribution in [0.15, 0.2) is 18.2 Å². The Morgan fingerprint density at radius 3 is 2.64 bits per heavy atom. The van der Waals surface area contributed by atoms with Gasteiger partial charge in [0.2, 0.25) is 11.8 Å². The number of halogens is 1. The lowest BCUT2D eigenvalue weighted by atomic mass is 9.78. The summed E-state index contributed by atoms with van der Waals surface area (Å²) in [5.41, 5.74) is 1.55. The van der Waals surface area contributed by atoms with E-state index in [9.17, 15) is 9.59 Å². The van der Waals surface area contributed by atoms with Crippen LogP contribution in [0.25, 0.3) is 0 Å². The maximum absolute atomic E-state index is 12.0. The number of ether oxygens (including phenoxy) is 1. The van der Waals surface area contributed by atoms with Crippen LogP contribution in [0.2, 0.25) is 5.02 Å². The van der Waals surface area contributed by atoms with Crippen molar-refractivity contribution >= 4 is 29.1 Å². The molecule has 1 fully saturated rings. The Labute approximate surface area is 154 Å². The number of carbonyl (C=O) groups is 2. The summed E-state index contributed by atoms with van der Waals surface area (Å²) in [5.74, 6) is 0.601. The molecule has 2 N–H and O–H groups in total. The topological polar surface area (TPSA) is 67.4 Å². The van der Waals surface area contributed by atoms with Gasteiger partial charge in [-0.05, 0) is 42.9 Å². The van der Waals surface area contributed by atoms with E-state index in [1.54, 1.807) is 12.1 Å². The number of amides is 2. The maximum atomic E-state index is 12.0. The molecule has 1 aliphatic rings. The largest absolute Gasteiger partial charge is 0.362 e. The van der Waals surface area contributed by atoms with E-state index in [0.717, 1.165) is 18.4 Å². The Hall–Kier alpha value is -1.59. The fourth-order valence-corrected chi connectivity index (χ4v) is 3.32. The Kier molecular flexibility index (Phi) is 7.26. The Morgan fingerprint density at radius 2 is 1.92 bits per heavy atom. The van der Waals surface area contributed by atoms with Gasteiger partial charge in [0.1, 0.15) is 13.2 Å². The van der Waals surface area contributed by atoms with E-state index in [4.69, 9.17) is 16.3 Å². The number of aryl methyl sites for hydroxylation is 1. The van der Waals surface area contributed by atoms with Crippen molar-refractivity contribution in [2.24, 2.45) is 11.8 Å². The molecule has 1 saturated carbocycles. The first-order valence-electron chi connectivity index (χ1n) is 8.80. The van der Waals surface area contributed by atoms with Gasteiger partial charge in [0, 0.05) is 16.8 Å². The zero-order valence-electron chi connectivity index (χ0n) is 15.1. The molecule has 138 valence electrons. The van der Waals surface area contributed by atoms with Crippen LogP contribution >= 0.6 is 11.6 Å². The highest BCUT2D eigenvalue weighted by atomic mass is 35.5. The predicted molar refractivity (Wildman–Crippen MR) is 99.7 cm³/mol. The number of nitrogens with one attached hydrogen (secondary N) is 2. The SMILES string of the molecule is Cc1ccc(NC(=O)COCC(=O)N[C@@H]2CCC[C@H](C)[C@H]2C)cc1Cl. The lowest BCUT2D eigenvalue weighted by Gasteiger charge is -2.34. The van der Waals surface area contributed by atoms with Gasteiger partial charge in [-0.3, -0.25) is 9.59 Å². The summed E-state index contributed by atoms with van der Waals surface area (Å²) in [6.07, 6.45) is 3.36. The molecule has 25 heavy (non-hydrogen) atoms. The van der Waals surface area contributed by atoms with Crippen LogP contribution in [-0.2, 0) is 14.3 Å². The van der Waals surface area contributed by atoms with E-state index in [0.29, 0.717) is 22.5 Å². The van der Waals surface area contributed by atoms with Crippen molar-refractivity contribution in [3.8, 4) is 0 Å². The predicted octanol–water partition coefficient (Wildman–Crippen LogP) is 3.54. The van der Waals surface area contributed by atoms with E-state index in [1.165, 1.54) is 6.42 Å². The minimum atomic E-state index is -0.313. The van der Waals surface area contributed by atoms with Gasteiger partial charge in [-0.25, -0.2) is 0 Å². The lowest BCUT2D eigenvalue weighted by molar-refractivity contribution is -0.129. The van der Waals surface area contributed by atoms with Crippen molar-refractivity contribution in [3.63, 3.8) is 0 Å². The van der Waals surface area contributed by atoms with E-state index in [-0.39, 0.29) is 31.1 Å². The molecular weight excluding hydrogens is 340 g/mol.